The van der Waals surface area contributed by atoms with Crippen LogP contribution in [0.3, 0.4) is 0 Å². The number of allylic oxidation sites excluding steroid dienone is 1. The lowest BCUT2D eigenvalue weighted by Crippen LogP contribution is -2.49. The van der Waals surface area contributed by atoms with Crippen LogP contribution >= 0.6 is 0 Å². The fourth-order valence-corrected chi connectivity index (χ4v) is 5.18. The Morgan fingerprint density at radius 1 is 1.12 bits per heavy atom. The van der Waals surface area contributed by atoms with E-state index in [2.05, 4.69) is 13.5 Å². The van der Waals surface area contributed by atoms with Crippen molar-refractivity contribution in [3.63, 3.8) is 0 Å². The molecule has 4 aliphatic rings. The SMILES string of the molecule is C=C(C)CCC(O)C1C2CC3CC(C2)CC1C3. The normalized spacial score (nSPS) is 44.9. The first kappa shape index (κ1) is 11.8. The quantitative estimate of drug-likeness (QED) is 0.734. The zero-order chi connectivity index (χ0) is 12.0. The van der Waals surface area contributed by atoms with E-state index in [1.54, 1.807) is 0 Å². The summed E-state index contributed by atoms with van der Waals surface area (Å²) >= 11 is 0. The number of rotatable bonds is 4. The van der Waals surface area contributed by atoms with Gasteiger partial charge in [0.15, 0.2) is 0 Å². The minimum Gasteiger partial charge on any atom is -0.393 e. The number of hydrogen-bond acceptors (Lipinski definition) is 1. The summed E-state index contributed by atoms with van der Waals surface area (Å²) in [7, 11) is 0. The van der Waals surface area contributed by atoms with Crippen LogP contribution < -0.4 is 0 Å². The third-order valence-corrected chi connectivity index (χ3v) is 5.61. The molecule has 4 rings (SSSR count). The van der Waals surface area contributed by atoms with E-state index < -0.39 is 0 Å². The van der Waals surface area contributed by atoms with Crippen LogP contribution in [-0.2, 0) is 0 Å². The zero-order valence-corrected chi connectivity index (χ0v) is 11.1. The minimum absolute atomic E-state index is 0.0540. The van der Waals surface area contributed by atoms with Crippen molar-refractivity contribution in [1.29, 1.82) is 0 Å². The van der Waals surface area contributed by atoms with Crippen LogP contribution in [0.2, 0.25) is 0 Å². The molecule has 17 heavy (non-hydrogen) atoms. The monoisotopic (exact) mass is 234 g/mol. The molecule has 1 unspecified atom stereocenters. The lowest BCUT2D eigenvalue weighted by molar-refractivity contribution is -0.0909. The van der Waals surface area contributed by atoms with Gasteiger partial charge in [0, 0.05) is 0 Å². The van der Waals surface area contributed by atoms with Crippen LogP contribution in [0.4, 0.5) is 0 Å². The van der Waals surface area contributed by atoms with Gasteiger partial charge in [-0.3, -0.25) is 0 Å². The largest absolute Gasteiger partial charge is 0.393 e. The fraction of sp³-hybridized carbons (Fsp3) is 0.875. The predicted octanol–water partition coefficient (Wildman–Crippen LogP) is 3.78. The molecule has 1 heteroatoms. The van der Waals surface area contributed by atoms with E-state index in [1.165, 1.54) is 37.7 Å². The summed E-state index contributed by atoms with van der Waals surface area (Å²) in [5.74, 6) is 4.36. The van der Waals surface area contributed by atoms with Gasteiger partial charge in [0.25, 0.3) is 0 Å². The molecule has 0 spiro atoms. The molecule has 1 nitrogen and oxygen atoms in total. The maximum Gasteiger partial charge on any atom is 0.0576 e. The van der Waals surface area contributed by atoms with Gasteiger partial charge in [0.2, 0.25) is 0 Å². The Balaban J connectivity index is 1.65. The molecule has 0 aliphatic heterocycles. The van der Waals surface area contributed by atoms with E-state index >= 15 is 0 Å². The Bertz CT molecular complexity index is 279. The molecule has 0 aromatic heterocycles. The number of hydrogen-bond donors (Lipinski definition) is 1. The Labute approximate surface area is 105 Å². The summed E-state index contributed by atoms with van der Waals surface area (Å²) in [5.41, 5.74) is 1.22. The molecule has 4 aliphatic carbocycles. The van der Waals surface area contributed by atoms with Crippen LogP contribution in [0.1, 0.15) is 51.9 Å². The summed E-state index contributed by atoms with van der Waals surface area (Å²) in [6, 6.07) is 0. The van der Waals surface area contributed by atoms with Crippen molar-refractivity contribution in [2.45, 2.75) is 58.0 Å². The third-order valence-electron chi connectivity index (χ3n) is 5.61. The molecular weight excluding hydrogens is 208 g/mol. The molecule has 96 valence electrons. The summed E-state index contributed by atoms with van der Waals surface area (Å²) in [5, 5.41) is 10.5. The molecule has 4 fully saturated rings. The maximum atomic E-state index is 10.5. The highest BCUT2D eigenvalue weighted by Crippen LogP contribution is 2.57. The highest BCUT2D eigenvalue weighted by atomic mass is 16.3. The Morgan fingerprint density at radius 3 is 2.12 bits per heavy atom. The van der Waals surface area contributed by atoms with Crippen molar-refractivity contribution in [2.75, 3.05) is 0 Å². The fourth-order valence-electron chi connectivity index (χ4n) is 5.18. The summed E-state index contributed by atoms with van der Waals surface area (Å²) < 4.78 is 0. The predicted molar refractivity (Wildman–Crippen MR) is 70.6 cm³/mol. The van der Waals surface area contributed by atoms with Crippen LogP contribution in [-0.4, -0.2) is 11.2 Å². The first-order chi connectivity index (χ1) is 8.13. The van der Waals surface area contributed by atoms with E-state index in [1.807, 2.05) is 0 Å². The van der Waals surface area contributed by atoms with E-state index in [4.69, 9.17) is 0 Å². The second-order valence-electron chi connectivity index (χ2n) is 7.07. The van der Waals surface area contributed by atoms with Gasteiger partial charge in [-0.05, 0) is 81.5 Å². The summed E-state index contributed by atoms with van der Waals surface area (Å²) in [6.45, 7) is 6.03. The van der Waals surface area contributed by atoms with Gasteiger partial charge < -0.3 is 5.11 Å². The second kappa shape index (κ2) is 4.42. The summed E-state index contributed by atoms with van der Waals surface area (Å²) in [6.07, 6.45) is 9.07. The molecule has 0 heterocycles. The van der Waals surface area contributed by atoms with Crippen LogP contribution in [0.5, 0.6) is 0 Å². The molecule has 1 N–H and O–H groups in total. The molecule has 4 saturated carbocycles. The number of aliphatic hydroxyl groups excluding tert-OH is 1. The third kappa shape index (κ3) is 2.19. The van der Waals surface area contributed by atoms with Gasteiger partial charge in [-0.1, -0.05) is 5.57 Å². The van der Waals surface area contributed by atoms with E-state index in [9.17, 15) is 5.11 Å². The van der Waals surface area contributed by atoms with E-state index in [0.29, 0.717) is 5.92 Å². The average Bonchev–Trinajstić information content (AvgIpc) is 2.24. The van der Waals surface area contributed by atoms with Crippen molar-refractivity contribution in [3.05, 3.63) is 12.2 Å². The lowest BCUT2D eigenvalue weighted by Gasteiger charge is -2.55. The van der Waals surface area contributed by atoms with E-state index in [0.717, 1.165) is 36.5 Å². The molecule has 0 saturated heterocycles. The standard InChI is InChI=1S/C16H26O/c1-10(2)3-4-15(17)16-13-6-11-5-12(8-13)9-14(16)7-11/h11-17H,1,3-9H2,2H3. The van der Waals surface area contributed by atoms with Crippen molar-refractivity contribution in [1.82, 2.24) is 0 Å². The zero-order valence-electron chi connectivity index (χ0n) is 11.1. The molecular formula is C16H26O. The molecule has 0 aromatic carbocycles. The second-order valence-corrected chi connectivity index (χ2v) is 7.07. The average molecular weight is 234 g/mol. The van der Waals surface area contributed by atoms with Gasteiger partial charge in [-0.15, -0.1) is 6.58 Å². The Morgan fingerprint density at radius 2 is 1.65 bits per heavy atom. The molecule has 0 amide bonds. The Hall–Kier alpha value is -0.300. The van der Waals surface area contributed by atoms with Gasteiger partial charge in [-0.25, -0.2) is 0 Å². The van der Waals surface area contributed by atoms with Gasteiger partial charge in [0.05, 0.1) is 6.10 Å². The maximum absolute atomic E-state index is 10.5. The molecule has 0 aromatic rings. The smallest absolute Gasteiger partial charge is 0.0576 e. The highest BCUT2D eigenvalue weighted by Gasteiger charge is 2.49. The molecule has 0 radical (unpaired) electrons. The van der Waals surface area contributed by atoms with Gasteiger partial charge >= 0.3 is 0 Å². The van der Waals surface area contributed by atoms with Gasteiger partial charge in [-0.2, -0.15) is 0 Å². The number of aliphatic hydroxyl groups is 1. The first-order valence-corrected chi connectivity index (χ1v) is 7.46. The van der Waals surface area contributed by atoms with Crippen LogP contribution in [0.25, 0.3) is 0 Å². The summed E-state index contributed by atoms with van der Waals surface area (Å²) in [4.78, 5) is 0. The van der Waals surface area contributed by atoms with Crippen molar-refractivity contribution >= 4 is 0 Å². The minimum atomic E-state index is -0.0540. The lowest BCUT2D eigenvalue weighted by atomic mass is 9.50. The highest BCUT2D eigenvalue weighted by molar-refractivity contribution is 5.00. The van der Waals surface area contributed by atoms with Gasteiger partial charge in [0.1, 0.15) is 0 Å². The topological polar surface area (TPSA) is 20.2 Å². The Kier molecular flexibility index (Phi) is 3.06. The van der Waals surface area contributed by atoms with Crippen LogP contribution in [0.15, 0.2) is 12.2 Å². The van der Waals surface area contributed by atoms with E-state index in [-0.39, 0.29) is 6.10 Å². The molecule has 4 bridgehead atoms. The molecule has 1 atom stereocenters. The van der Waals surface area contributed by atoms with Crippen molar-refractivity contribution < 1.29 is 5.11 Å². The van der Waals surface area contributed by atoms with Crippen molar-refractivity contribution in [2.24, 2.45) is 29.6 Å². The van der Waals surface area contributed by atoms with Crippen molar-refractivity contribution in [3.8, 4) is 0 Å². The van der Waals surface area contributed by atoms with Crippen LogP contribution in [0, 0.1) is 29.6 Å². The first-order valence-electron chi connectivity index (χ1n) is 7.46.